The maximum absolute atomic E-state index is 12.7. The molecule has 0 bridgehead atoms. The summed E-state index contributed by atoms with van der Waals surface area (Å²) in [6.07, 6.45) is 2.61. The quantitative estimate of drug-likeness (QED) is 0.495. The van der Waals surface area contributed by atoms with Gasteiger partial charge >= 0.3 is 0 Å². The molecule has 1 amide bonds. The van der Waals surface area contributed by atoms with Crippen molar-refractivity contribution in [2.24, 2.45) is 5.10 Å². The molecule has 0 aliphatic carbocycles. The first kappa shape index (κ1) is 22.8. The molecule has 0 saturated carbocycles. The lowest BCUT2D eigenvalue weighted by atomic mass is 9.82. The van der Waals surface area contributed by atoms with Crippen molar-refractivity contribution >= 4 is 33.2 Å². The third kappa shape index (κ3) is 5.64. The van der Waals surface area contributed by atoms with Gasteiger partial charge < -0.3 is 10.6 Å². The minimum absolute atomic E-state index is 0.135. The highest BCUT2D eigenvalue weighted by Gasteiger charge is 2.22. The number of hydrogen-bond donors (Lipinski definition) is 2. The zero-order valence-corrected chi connectivity index (χ0v) is 20.1. The first-order chi connectivity index (χ1) is 14.7. The van der Waals surface area contributed by atoms with Gasteiger partial charge in [0.25, 0.3) is 5.91 Å². The SMILES string of the molecule is C=C1NC(CNc2ccc(Br)cc2)=CC(=O)N1/N=C(\C)c1ccc(C(C)(C)CC)cc1. The van der Waals surface area contributed by atoms with Crippen molar-refractivity contribution in [3.05, 3.63) is 88.3 Å². The van der Waals surface area contributed by atoms with Crippen molar-refractivity contribution < 1.29 is 4.79 Å². The maximum atomic E-state index is 12.7. The number of nitrogens with zero attached hydrogens (tertiary/aromatic N) is 2. The van der Waals surface area contributed by atoms with Gasteiger partial charge in [0.15, 0.2) is 0 Å². The van der Waals surface area contributed by atoms with Gasteiger partial charge in [-0.2, -0.15) is 10.1 Å². The first-order valence-corrected chi connectivity index (χ1v) is 11.1. The molecule has 0 unspecified atom stereocenters. The zero-order valence-electron chi connectivity index (χ0n) is 18.5. The van der Waals surface area contributed by atoms with Gasteiger partial charge in [-0.25, -0.2) is 0 Å². The van der Waals surface area contributed by atoms with Crippen molar-refractivity contribution in [1.29, 1.82) is 0 Å². The number of nitrogens with one attached hydrogen (secondary N) is 2. The maximum Gasteiger partial charge on any atom is 0.274 e. The molecule has 2 N–H and O–H groups in total. The Hall–Kier alpha value is -2.86. The lowest BCUT2D eigenvalue weighted by Gasteiger charge is -2.26. The molecular weight excluding hydrogens is 452 g/mol. The molecule has 2 aromatic carbocycles. The summed E-state index contributed by atoms with van der Waals surface area (Å²) in [6, 6.07) is 16.2. The standard InChI is InChI=1S/C25H29BrN4O/c1-6-25(4,5)20-9-7-19(8-10-20)17(2)29-30-18(3)28-23(15-24(30)31)16-27-22-13-11-21(26)12-14-22/h7-15,27-28H,3,6,16H2,1-2,4-5H3/b29-17+. The van der Waals surface area contributed by atoms with E-state index in [0.29, 0.717) is 12.4 Å². The second-order valence-corrected chi connectivity index (χ2v) is 9.17. The summed E-state index contributed by atoms with van der Waals surface area (Å²) >= 11 is 3.42. The van der Waals surface area contributed by atoms with E-state index >= 15 is 0 Å². The van der Waals surface area contributed by atoms with Crippen LogP contribution in [0.5, 0.6) is 0 Å². The molecule has 3 rings (SSSR count). The molecule has 162 valence electrons. The summed E-state index contributed by atoms with van der Waals surface area (Å²) in [5, 5.41) is 12.3. The van der Waals surface area contributed by atoms with Gasteiger partial charge in [-0.1, -0.05) is 67.5 Å². The zero-order chi connectivity index (χ0) is 22.6. The van der Waals surface area contributed by atoms with Crippen LogP contribution in [-0.2, 0) is 10.2 Å². The molecule has 0 fully saturated rings. The Labute approximate surface area is 193 Å². The lowest BCUT2D eigenvalue weighted by molar-refractivity contribution is -0.125. The van der Waals surface area contributed by atoms with E-state index in [1.165, 1.54) is 10.6 Å². The van der Waals surface area contributed by atoms with E-state index in [9.17, 15) is 4.79 Å². The Balaban J connectivity index is 1.69. The fourth-order valence-electron chi connectivity index (χ4n) is 3.16. The highest BCUT2D eigenvalue weighted by atomic mass is 79.9. The number of benzene rings is 2. The molecular formula is C25H29BrN4O. The monoisotopic (exact) mass is 480 g/mol. The van der Waals surface area contributed by atoms with Crippen LogP contribution >= 0.6 is 15.9 Å². The molecule has 1 aliphatic heterocycles. The number of carbonyl (C=O) groups excluding carboxylic acids is 1. The van der Waals surface area contributed by atoms with Gasteiger partial charge in [0.2, 0.25) is 0 Å². The van der Waals surface area contributed by atoms with E-state index in [1.54, 1.807) is 6.08 Å². The highest BCUT2D eigenvalue weighted by Crippen LogP contribution is 2.27. The van der Waals surface area contributed by atoms with Crippen molar-refractivity contribution in [2.45, 2.75) is 39.5 Å². The number of amides is 1. The largest absolute Gasteiger partial charge is 0.379 e. The number of anilines is 1. The van der Waals surface area contributed by atoms with Gasteiger partial charge in [-0.15, -0.1) is 0 Å². The summed E-state index contributed by atoms with van der Waals surface area (Å²) < 4.78 is 1.02. The van der Waals surface area contributed by atoms with E-state index in [-0.39, 0.29) is 11.3 Å². The molecule has 5 nitrogen and oxygen atoms in total. The Morgan fingerprint density at radius 3 is 2.39 bits per heavy atom. The summed E-state index contributed by atoms with van der Waals surface area (Å²) in [5.74, 6) is 0.211. The van der Waals surface area contributed by atoms with Gasteiger partial charge in [0.05, 0.1) is 12.3 Å². The summed E-state index contributed by atoms with van der Waals surface area (Å²) in [4.78, 5) is 12.7. The summed E-state index contributed by atoms with van der Waals surface area (Å²) in [7, 11) is 0. The van der Waals surface area contributed by atoms with E-state index < -0.39 is 0 Å². The van der Waals surface area contributed by atoms with Crippen LogP contribution in [0.4, 0.5) is 5.69 Å². The molecule has 0 spiro atoms. The second-order valence-electron chi connectivity index (χ2n) is 8.25. The van der Waals surface area contributed by atoms with E-state index in [4.69, 9.17) is 0 Å². The molecule has 1 aliphatic rings. The van der Waals surface area contributed by atoms with Crippen LogP contribution in [0.15, 0.2) is 82.3 Å². The van der Waals surface area contributed by atoms with Gasteiger partial charge in [0.1, 0.15) is 5.82 Å². The minimum Gasteiger partial charge on any atom is -0.379 e. The Bertz CT molecular complexity index is 1020. The van der Waals surface area contributed by atoms with Gasteiger partial charge in [-0.05, 0) is 54.2 Å². The second kappa shape index (κ2) is 9.52. The average molecular weight is 481 g/mol. The number of hydrogen-bond acceptors (Lipinski definition) is 4. The first-order valence-electron chi connectivity index (χ1n) is 10.4. The third-order valence-corrected chi connectivity index (χ3v) is 6.14. The fourth-order valence-corrected chi connectivity index (χ4v) is 3.43. The van der Waals surface area contributed by atoms with Crippen LogP contribution < -0.4 is 10.6 Å². The van der Waals surface area contributed by atoms with Crippen LogP contribution in [0.3, 0.4) is 0 Å². The van der Waals surface area contributed by atoms with Crippen LogP contribution in [0.25, 0.3) is 0 Å². The summed E-state index contributed by atoms with van der Waals surface area (Å²) in [5.41, 5.74) is 4.86. The predicted molar refractivity (Wildman–Crippen MR) is 132 cm³/mol. The molecule has 6 heteroatoms. The average Bonchev–Trinajstić information content (AvgIpc) is 2.76. The summed E-state index contributed by atoms with van der Waals surface area (Å²) in [6.45, 7) is 13.0. The molecule has 0 saturated heterocycles. The van der Waals surface area contributed by atoms with Gasteiger partial charge in [-0.3, -0.25) is 4.79 Å². The number of rotatable bonds is 7. The van der Waals surface area contributed by atoms with Crippen LogP contribution in [0.2, 0.25) is 0 Å². The molecule has 0 aromatic heterocycles. The van der Waals surface area contributed by atoms with Crippen molar-refractivity contribution in [3.63, 3.8) is 0 Å². The van der Waals surface area contributed by atoms with Crippen LogP contribution in [-0.4, -0.2) is 23.2 Å². The Kier molecular flexibility index (Phi) is 7.01. The molecule has 2 aromatic rings. The fraction of sp³-hybridized carbons (Fsp3) is 0.280. The number of hydrazone groups is 1. The Morgan fingerprint density at radius 2 is 1.81 bits per heavy atom. The van der Waals surface area contributed by atoms with E-state index in [1.807, 2.05) is 31.2 Å². The lowest BCUT2D eigenvalue weighted by Crippen LogP contribution is -2.38. The molecule has 0 radical (unpaired) electrons. The topological polar surface area (TPSA) is 56.7 Å². The minimum atomic E-state index is -0.223. The number of halogens is 1. The highest BCUT2D eigenvalue weighted by molar-refractivity contribution is 9.10. The van der Waals surface area contributed by atoms with Crippen LogP contribution in [0, 0.1) is 0 Å². The molecule has 1 heterocycles. The van der Waals surface area contributed by atoms with E-state index in [2.05, 4.69) is 83.3 Å². The predicted octanol–water partition coefficient (Wildman–Crippen LogP) is 5.76. The Morgan fingerprint density at radius 1 is 1.16 bits per heavy atom. The van der Waals surface area contributed by atoms with Crippen molar-refractivity contribution in [3.8, 4) is 0 Å². The van der Waals surface area contributed by atoms with E-state index in [0.717, 1.165) is 33.6 Å². The van der Waals surface area contributed by atoms with Gasteiger partial charge in [0, 0.05) is 21.9 Å². The normalized spacial score (nSPS) is 14.9. The molecule has 31 heavy (non-hydrogen) atoms. The van der Waals surface area contributed by atoms with Crippen molar-refractivity contribution in [2.75, 3.05) is 11.9 Å². The van der Waals surface area contributed by atoms with Crippen LogP contribution in [0.1, 0.15) is 45.2 Å². The third-order valence-electron chi connectivity index (χ3n) is 5.61. The number of carbonyl (C=O) groups is 1. The molecule has 0 atom stereocenters. The smallest absolute Gasteiger partial charge is 0.274 e. The van der Waals surface area contributed by atoms with Crippen molar-refractivity contribution in [1.82, 2.24) is 10.3 Å².